The highest BCUT2D eigenvalue weighted by atomic mass is 35.5. The maximum absolute atomic E-state index is 5.99. The molecule has 0 spiro atoms. The standard InChI is InChI=1S/C20H18ClN3O/c21-16-3-1-2-14(10-16)13-25-17-6-4-15(5-7-17)19-12-23-20-11-22-9-8-18(20)24-19/h1-7,10,12,22H,8-9,11,13H2. The molecule has 0 amide bonds. The fraction of sp³-hybridized carbons (Fsp3) is 0.200. The van der Waals surface area contributed by atoms with Gasteiger partial charge in [-0.3, -0.25) is 4.98 Å². The first-order valence-electron chi connectivity index (χ1n) is 8.31. The molecule has 2 aromatic carbocycles. The Hall–Kier alpha value is -2.43. The Morgan fingerprint density at radius 3 is 2.80 bits per heavy atom. The van der Waals surface area contributed by atoms with Gasteiger partial charge < -0.3 is 10.1 Å². The van der Waals surface area contributed by atoms with Gasteiger partial charge in [-0.05, 0) is 42.0 Å². The van der Waals surface area contributed by atoms with Crippen molar-refractivity contribution in [2.24, 2.45) is 0 Å². The predicted octanol–water partition coefficient (Wildman–Crippen LogP) is 4.02. The lowest BCUT2D eigenvalue weighted by atomic mass is 10.1. The molecule has 2 heterocycles. The number of ether oxygens (including phenoxy) is 1. The summed E-state index contributed by atoms with van der Waals surface area (Å²) < 4.78 is 5.83. The lowest BCUT2D eigenvalue weighted by Gasteiger charge is -2.15. The van der Waals surface area contributed by atoms with Crippen molar-refractivity contribution in [1.29, 1.82) is 0 Å². The number of hydrogen-bond donors (Lipinski definition) is 1. The molecule has 0 atom stereocenters. The average molecular weight is 352 g/mol. The second-order valence-corrected chi connectivity index (χ2v) is 6.45. The van der Waals surface area contributed by atoms with Gasteiger partial charge in [-0.25, -0.2) is 4.98 Å². The van der Waals surface area contributed by atoms with E-state index in [4.69, 9.17) is 21.3 Å². The molecule has 0 bridgehead atoms. The third kappa shape index (κ3) is 3.81. The maximum Gasteiger partial charge on any atom is 0.119 e. The Bertz CT molecular complexity index is 880. The third-order valence-electron chi connectivity index (χ3n) is 4.21. The Labute approximate surface area is 151 Å². The van der Waals surface area contributed by atoms with E-state index >= 15 is 0 Å². The molecule has 0 saturated carbocycles. The van der Waals surface area contributed by atoms with Gasteiger partial charge in [0.2, 0.25) is 0 Å². The molecule has 5 heteroatoms. The number of benzene rings is 2. The first kappa shape index (κ1) is 16.1. The van der Waals surface area contributed by atoms with Crippen LogP contribution in [0.5, 0.6) is 5.75 Å². The van der Waals surface area contributed by atoms with Crippen LogP contribution in [0.4, 0.5) is 0 Å². The Morgan fingerprint density at radius 1 is 1.08 bits per heavy atom. The number of nitrogens with zero attached hydrogens (tertiary/aromatic N) is 2. The largest absolute Gasteiger partial charge is 0.489 e. The average Bonchev–Trinajstić information content (AvgIpc) is 2.66. The highest BCUT2D eigenvalue weighted by Gasteiger charge is 2.12. The molecule has 0 unspecified atom stereocenters. The minimum Gasteiger partial charge on any atom is -0.489 e. The van der Waals surface area contributed by atoms with Crippen LogP contribution in [0.2, 0.25) is 5.02 Å². The third-order valence-corrected chi connectivity index (χ3v) is 4.44. The van der Waals surface area contributed by atoms with Crippen molar-refractivity contribution in [3.8, 4) is 17.0 Å². The molecule has 3 aromatic rings. The number of rotatable bonds is 4. The van der Waals surface area contributed by atoms with Crippen LogP contribution in [0, 0.1) is 0 Å². The van der Waals surface area contributed by atoms with E-state index in [9.17, 15) is 0 Å². The molecule has 0 radical (unpaired) electrons. The van der Waals surface area contributed by atoms with E-state index in [0.717, 1.165) is 58.5 Å². The van der Waals surface area contributed by atoms with Gasteiger partial charge in [0, 0.05) is 30.1 Å². The van der Waals surface area contributed by atoms with Crippen molar-refractivity contribution >= 4 is 11.6 Å². The van der Waals surface area contributed by atoms with Gasteiger partial charge in [0.05, 0.1) is 23.3 Å². The van der Waals surface area contributed by atoms with Gasteiger partial charge in [-0.15, -0.1) is 0 Å². The molecular weight excluding hydrogens is 334 g/mol. The Morgan fingerprint density at radius 2 is 1.96 bits per heavy atom. The Kier molecular flexibility index (Phi) is 4.63. The fourth-order valence-corrected chi connectivity index (χ4v) is 3.08. The maximum atomic E-state index is 5.99. The van der Waals surface area contributed by atoms with Crippen LogP contribution in [0.1, 0.15) is 17.0 Å². The van der Waals surface area contributed by atoms with E-state index < -0.39 is 0 Å². The highest BCUT2D eigenvalue weighted by Crippen LogP contribution is 2.23. The van der Waals surface area contributed by atoms with E-state index in [1.165, 1.54) is 0 Å². The quantitative estimate of drug-likeness (QED) is 0.771. The normalized spacial score (nSPS) is 13.3. The van der Waals surface area contributed by atoms with Crippen LogP contribution in [-0.2, 0) is 19.6 Å². The second-order valence-electron chi connectivity index (χ2n) is 6.02. The van der Waals surface area contributed by atoms with Crippen LogP contribution in [-0.4, -0.2) is 16.5 Å². The van der Waals surface area contributed by atoms with E-state index in [0.29, 0.717) is 6.61 Å². The zero-order chi connectivity index (χ0) is 17.1. The summed E-state index contributed by atoms with van der Waals surface area (Å²) in [6.45, 7) is 2.26. The lowest BCUT2D eigenvalue weighted by molar-refractivity contribution is 0.306. The second kappa shape index (κ2) is 7.21. The van der Waals surface area contributed by atoms with Crippen molar-refractivity contribution in [2.45, 2.75) is 19.6 Å². The zero-order valence-corrected chi connectivity index (χ0v) is 14.5. The van der Waals surface area contributed by atoms with E-state index in [1.807, 2.05) is 54.7 Å². The monoisotopic (exact) mass is 351 g/mol. The summed E-state index contributed by atoms with van der Waals surface area (Å²) in [6.07, 6.45) is 2.77. The highest BCUT2D eigenvalue weighted by molar-refractivity contribution is 6.30. The SMILES string of the molecule is Clc1cccc(COc2ccc(-c3cnc4c(n3)CCNC4)cc2)c1. The molecule has 1 aliphatic rings. The summed E-state index contributed by atoms with van der Waals surface area (Å²) in [4.78, 5) is 9.29. The summed E-state index contributed by atoms with van der Waals surface area (Å²) in [5.74, 6) is 0.818. The number of fused-ring (bicyclic) bond motifs is 1. The topological polar surface area (TPSA) is 47.0 Å². The molecule has 126 valence electrons. The molecule has 1 aromatic heterocycles. The lowest BCUT2D eigenvalue weighted by Crippen LogP contribution is -2.25. The van der Waals surface area contributed by atoms with Crippen LogP contribution in [0.15, 0.2) is 54.7 Å². The van der Waals surface area contributed by atoms with Crippen molar-refractivity contribution in [3.05, 3.63) is 76.7 Å². The van der Waals surface area contributed by atoms with Crippen molar-refractivity contribution < 1.29 is 4.74 Å². The molecular formula is C20H18ClN3O. The minimum atomic E-state index is 0.492. The molecule has 4 nitrogen and oxygen atoms in total. The van der Waals surface area contributed by atoms with E-state index in [1.54, 1.807) is 0 Å². The van der Waals surface area contributed by atoms with Crippen LogP contribution < -0.4 is 10.1 Å². The molecule has 0 fully saturated rings. The van der Waals surface area contributed by atoms with Gasteiger partial charge in [-0.1, -0.05) is 23.7 Å². The molecule has 1 N–H and O–H groups in total. The van der Waals surface area contributed by atoms with Crippen molar-refractivity contribution in [1.82, 2.24) is 15.3 Å². The number of hydrogen-bond acceptors (Lipinski definition) is 4. The van der Waals surface area contributed by atoms with Gasteiger partial charge in [0.15, 0.2) is 0 Å². The number of aromatic nitrogens is 2. The van der Waals surface area contributed by atoms with Gasteiger partial charge in [-0.2, -0.15) is 0 Å². The number of nitrogens with one attached hydrogen (secondary N) is 1. The molecule has 0 aliphatic carbocycles. The molecule has 4 rings (SSSR count). The molecule has 0 saturated heterocycles. The molecule has 25 heavy (non-hydrogen) atoms. The van der Waals surface area contributed by atoms with Crippen molar-refractivity contribution in [3.63, 3.8) is 0 Å². The van der Waals surface area contributed by atoms with E-state index in [2.05, 4.69) is 10.3 Å². The smallest absolute Gasteiger partial charge is 0.119 e. The Balaban J connectivity index is 1.46. The first-order valence-corrected chi connectivity index (χ1v) is 8.69. The summed E-state index contributed by atoms with van der Waals surface area (Å²) in [5.41, 5.74) is 5.14. The summed E-state index contributed by atoms with van der Waals surface area (Å²) in [6, 6.07) is 15.6. The van der Waals surface area contributed by atoms with Gasteiger partial charge >= 0.3 is 0 Å². The molecule has 1 aliphatic heterocycles. The zero-order valence-electron chi connectivity index (χ0n) is 13.7. The summed E-state index contributed by atoms with van der Waals surface area (Å²) in [7, 11) is 0. The fourth-order valence-electron chi connectivity index (χ4n) is 2.87. The minimum absolute atomic E-state index is 0.492. The van der Waals surface area contributed by atoms with Gasteiger partial charge in [0.25, 0.3) is 0 Å². The van der Waals surface area contributed by atoms with Crippen LogP contribution >= 0.6 is 11.6 Å². The van der Waals surface area contributed by atoms with Crippen LogP contribution in [0.3, 0.4) is 0 Å². The van der Waals surface area contributed by atoms with Crippen LogP contribution in [0.25, 0.3) is 11.3 Å². The first-order chi connectivity index (χ1) is 12.3. The van der Waals surface area contributed by atoms with E-state index in [-0.39, 0.29) is 0 Å². The summed E-state index contributed by atoms with van der Waals surface area (Å²) in [5, 5.41) is 4.03. The predicted molar refractivity (Wildman–Crippen MR) is 98.7 cm³/mol. The van der Waals surface area contributed by atoms with Crippen molar-refractivity contribution in [2.75, 3.05) is 6.54 Å². The number of halogens is 1. The summed E-state index contributed by atoms with van der Waals surface area (Å²) >= 11 is 5.99. The van der Waals surface area contributed by atoms with Gasteiger partial charge in [0.1, 0.15) is 12.4 Å².